The molecule has 2 nitrogen and oxygen atoms in total. The molecule has 3 heteroatoms. The summed E-state index contributed by atoms with van der Waals surface area (Å²) in [5, 5.41) is 16.8. The number of hydrogen-bond acceptors (Lipinski definition) is 2. The number of rotatable bonds is 1. The van der Waals surface area contributed by atoms with E-state index in [1.807, 2.05) is 12.1 Å². The number of halogens is 1. The Labute approximate surface area is 160 Å². The third kappa shape index (κ3) is 2.36. The molecule has 1 heterocycles. The summed E-state index contributed by atoms with van der Waals surface area (Å²) < 4.78 is 1.27. The molecule has 0 spiro atoms. The number of allylic oxidation sites excluding steroid dienone is 2. The van der Waals surface area contributed by atoms with E-state index in [-0.39, 0.29) is 6.04 Å². The summed E-state index contributed by atoms with van der Waals surface area (Å²) in [5.74, 6) is 1.23. The quantitative estimate of drug-likeness (QED) is 0.361. The second kappa shape index (κ2) is 5.77. The van der Waals surface area contributed by atoms with Crippen LogP contribution in [-0.2, 0) is 0 Å². The maximum atomic E-state index is 10.7. The van der Waals surface area contributed by atoms with Crippen molar-refractivity contribution in [2.24, 2.45) is 5.92 Å². The van der Waals surface area contributed by atoms with Gasteiger partial charge in [-0.1, -0.05) is 42.5 Å². The Morgan fingerprint density at radius 1 is 1.04 bits per heavy atom. The van der Waals surface area contributed by atoms with Crippen LogP contribution in [0.4, 0.5) is 5.69 Å². The van der Waals surface area contributed by atoms with Crippen LogP contribution in [0, 0.1) is 9.49 Å². The molecule has 0 fully saturated rings. The van der Waals surface area contributed by atoms with Crippen molar-refractivity contribution in [3.63, 3.8) is 0 Å². The number of phenols is 1. The van der Waals surface area contributed by atoms with E-state index in [0.717, 1.165) is 17.4 Å². The SMILES string of the molecule is Oc1ccc2ccccc2c1C1Nc2ccc(I)cc2C2C=CCC21. The van der Waals surface area contributed by atoms with Gasteiger partial charge in [0, 0.05) is 20.7 Å². The lowest BCUT2D eigenvalue weighted by Gasteiger charge is -2.38. The molecule has 25 heavy (non-hydrogen) atoms. The van der Waals surface area contributed by atoms with Crippen molar-refractivity contribution >= 4 is 39.1 Å². The molecule has 3 aromatic carbocycles. The maximum absolute atomic E-state index is 10.7. The minimum absolute atomic E-state index is 0.110. The van der Waals surface area contributed by atoms with Gasteiger partial charge in [-0.3, -0.25) is 0 Å². The van der Waals surface area contributed by atoms with Gasteiger partial charge in [0.1, 0.15) is 5.75 Å². The van der Waals surface area contributed by atoms with Crippen molar-refractivity contribution in [1.82, 2.24) is 0 Å². The van der Waals surface area contributed by atoms with Crippen LogP contribution in [0.1, 0.15) is 29.5 Å². The van der Waals surface area contributed by atoms with E-state index in [0.29, 0.717) is 17.6 Å². The van der Waals surface area contributed by atoms with Gasteiger partial charge in [-0.2, -0.15) is 0 Å². The first-order valence-electron chi connectivity index (χ1n) is 8.65. The van der Waals surface area contributed by atoms with Crippen LogP contribution in [-0.4, -0.2) is 5.11 Å². The summed E-state index contributed by atoms with van der Waals surface area (Å²) in [6, 6.07) is 18.9. The molecule has 1 aliphatic carbocycles. The molecular weight excluding hydrogens is 421 g/mol. The van der Waals surface area contributed by atoms with Crippen molar-refractivity contribution in [3.05, 3.63) is 81.4 Å². The molecule has 0 saturated heterocycles. The predicted molar refractivity (Wildman–Crippen MR) is 111 cm³/mol. The Kier molecular flexibility index (Phi) is 3.52. The van der Waals surface area contributed by atoms with Gasteiger partial charge in [0.05, 0.1) is 6.04 Å². The molecule has 0 radical (unpaired) electrons. The van der Waals surface area contributed by atoms with Gasteiger partial charge in [-0.05, 0) is 75.5 Å². The fourth-order valence-corrected chi connectivity index (χ4v) is 4.98. The first kappa shape index (κ1) is 15.3. The summed E-state index contributed by atoms with van der Waals surface area (Å²) in [7, 11) is 0. The molecule has 3 atom stereocenters. The second-order valence-corrected chi connectivity index (χ2v) is 8.17. The lowest BCUT2D eigenvalue weighted by Crippen LogP contribution is -2.29. The molecule has 0 aromatic heterocycles. The van der Waals surface area contributed by atoms with E-state index in [2.05, 4.69) is 82.5 Å². The van der Waals surface area contributed by atoms with Crippen LogP contribution in [0.15, 0.2) is 66.7 Å². The van der Waals surface area contributed by atoms with E-state index in [4.69, 9.17) is 0 Å². The first-order valence-corrected chi connectivity index (χ1v) is 9.73. The van der Waals surface area contributed by atoms with Crippen LogP contribution < -0.4 is 5.32 Å². The Morgan fingerprint density at radius 3 is 2.84 bits per heavy atom. The molecule has 5 rings (SSSR count). The second-order valence-electron chi connectivity index (χ2n) is 6.93. The number of aromatic hydroxyl groups is 1. The Bertz CT molecular complexity index is 1010. The highest BCUT2D eigenvalue weighted by Crippen LogP contribution is 2.52. The molecule has 0 saturated carbocycles. The fraction of sp³-hybridized carbons (Fsp3) is 0.182. The van der Waals surface area contributed by atoms with Gasteiger partial charge in [-0.15, -0.1) is 0 Å². The minimum atomic E-state index is 0.110. The van der Waals surface area contributed by atoms with Crippen LogP contribution >= 0.6 is 22.6 Å². The van der Waals surface area contributed by atoms with Gasteiger partial charge in [0.2, 0.25) is 0 Å². The lowest BCUT2D eigenvalue weighted by molar-refractivity contribution is 0.404. The van der Waals surface area contributed by atoms with Gasteiger partial charge < -0.3 is 10.4 Å². The molecule has 1 aliphatic heterocycles. The van der Waals surface area contributed by atoms with E-state index < -0.39 is 0 Å². The van der Waals surface area contributed by atoms with Gasteiger partial charge in [0.15, 0.2) is 0 Å². The summed E-state index contributed by atoms with van der Waals surface area (Å²) in [6.45, 7) is 0. The minimum Gasteiger partial charge on any atom is -0.508 e. The van der Waals surface area contributed by atoms with Crippen LogP contribution in [0.5, 0.6) is 5.75 Å². The molecule has 2 N–H and O–H groups in total. The highest BCUT2D eigenvalue weighted by atomic mass is 127. The molecule has 0 amide bonds. The number of hydrogen-bond donors (Lipinski definition) is 2. The number of fused-ring (bicyclic) bond motifs is 4. The Balaban J connectivity index is 1.71. The highest BCUT2D eigenvalue weighted by Gasteiger charge is 2.39. The van der Waals surface area contributed by atoms with E-state index in [1.54, 1.807) is 0 Å². The summed E-state index contributed by atoms with van der Waals surface area (Å²) in [5.41, 5.74) is 3.59. The zero-order chi connectivity index (χ0) is 17.0. The molecule has 0 bridgehead atoms. The van der Waals surface area contributed by atoms with Crippen LogP contribution in [0.2, 0.25) is 0 Å². The lowest BCUT2D eigenvalue weighted by atomic mass is 9.76. The summed E-state index contributed by atoms with van der Waals surface area (Å²) >= 11 is 2.38. The molecule has 3 aromatic rings. The van der Waals surface area contributed by atoms with Crippen LogP contribution in [0.25, 0.3) is 10.8 Å². The largest absolute Gasteiger partial charge is 0.508 e. The van der Waals surface area contributed by atoms with Crippen molar-refractivity contribution in [2.75, 3.05) is 5.32 Å². The monoisotopic (exact) mass is 439 g/mol. The van der Waals surface area contributed by atoms with Crippen molar-refractivity contribution < 1.29 is 5.11 Å². The fourth-order valence-electron chi connectivity index (χ4n) is 4.46. The average Bonchev–Trinajstić information content (AvgIpc) is 3.12. The zero-order valence-corrected chi connectivity index (χ0v) is 15.8. The van der Waals surface area contributed by atoms with Gasteiger partial charge in [-0.25, -0.2) is 0 Å². The third-order valence-corrected chi connectivity index (χ3v) is 6.25. The predicted octanol–water partition coefficient (Wildman–Crippen LogP) is 5.98. The zero-order valence-electron chi connectivity index (χ0n) is 13.6. The van der Waals surface area contributed by atoms with Gasteiger partial charge >= 0.3 is 0 Å². The Morgan fingerprint density at radius 2 is 1.92 bits per heavy atom. The summed E-state index contributed by atoms with van der Waals surface area (Å²) in [4.78, 5) is 0. The highest BCUT2D eigenvalue weighted by molar-refractivity contribution is 14.1. The maximum Gasteiger partial charge on any atom is 0.121 e. The average molecular weight is 439 g/mol. The first-order chi connectivity index (χ1) is 12.2. The van der Waals surface area contributed by atoms with E-state index >= 15 is 0 Å². The van der Waals surface area contributed by atoms with Crippen molar-refractivity contribution in [3.8, 4) is 5.75 Å². The van der Waals surface area contributed by atoms with E-state index in [1.165, 1.54) is 20.2 Å². The molecule has 2 aliphatic rings. The number of anilines is 1. The van der Waals surface area contributed by atoms with Crippen molar-refractivity contribution in [2.45, 2.75) is 18.4 Å². The van der Waals surface area contributed by atoms with Crippen molar-refractivity contribution in [1.29, 1.82) is 0 Å². The molecular formula is C22H18INO. The summed E-state index contributed by atoms with van der Waals surface area (Å²) in [6.07, 6.45) is 5.67. The number of phenolic OH excluding ortho intramolecular Hbond substituents is 1. The molecule has 3 unspecified atom stereocenters. The smallest absolute Gasteiger partial charge is 0.121 e. The van der Waals surface area contributed by atoms with Gasteiger partial charge in [0.25, 0.3) is 0 Å². The third-order valence-electron chi connectivity index (χ3n) is 5.58. The van der Waals surface area contributed by atoms with E-state index in [9.17, 15) is 5.11 Å². The van der Waals surface area contributed by atoms with Crippen LogP contribution in [0.3, 0.4) is 0 Å². The topological polar surface area (TPSA) is 32.3 Å². The standard InChI is InChI=1S/C22H18INO/c23-14-9-10-19-18(12-14)16-6-3-7-17(16)22(24-19)21-15-5-2-1-4-13(15)8-11-20(21)25/h1-6,8-12,16-17,22,24-25H,7H2. The number of benzene rings is 3. The molecule has 124 valence electrons. The number of nitrogens with one attached hydrogen (secondary N) is 1. The normalized spacial score (nSPS) is 24.0. The Hall–Kier alpha value is -2.01.